The van der Waals surface area contributed by atoms with Gasteiger partial charge in [0, 0.05) is 18.3 Å². The molecule has 158 valence electrons. The van der Waals surface area contributed by atoms with Crippen LogP contribution in [0.5, 0.6) is 0 Å². The zero-order valence-electron chi connectivity index (χ0n) is 17.8. The molecule has 7 nitrogen and oxygen atoms in total. The van der Waals surface area contributed by atoms with Gasteiger partial charge in [-0.15, -0.1) is 0 Å². The molecule has 1 saturated carbocycles. The monoisotopic (exact) mass is 400 g/mol. The maximum absolute atomic E-state index is 12.4. The zero-order chi connectivity index (χ0) is 20.7. The van der Waals surface area contributed by atoms with Crippen molar-refractivity contribution in [2.45, 2.75) is 90.1 Å². The van der Waals surface area contributed by atoms with E-state index in [-0.39, 0.29) is 18.3 Å². The third kappa shape index (κ3) is 6.91. The minimum Gasteiger partial charge on any atom is -0.460 e. The molecule has 0 aliphatic heterocycles. The minimum atomic E-state index is -0.512. The first-order valence-corrected chi connectivity index (χ1v) is 10.7. The predicted molar refractivity (Wildman–Crippen MR) is 109 cm³/mol. The van der Waals surface area contributed by atoms with Gasteiger partial charge in [-0.05, 0) is 39.2 Å². The van der Waals surface area contributed by atoms with Crippen LogP contribution in [0.25, 0.3) is 11.6 Å². The number of nitrogens with zero attached hydrogens (tertiary/aromatic N) is 4. The van der Waals surface area contributed by atoms with Crippen LogP contribution in [0.4, 0.5) is 0 Å². The topological polar surface area (TPSA) is 91.0 Å². The first kappa shape index (κ1) is 21.4. The van der Waals surface area contributed by atoms with Crippen LogP contribution in [0.2, 0.25) is 0 Å². The Bertz CT molecular complexity index is 764. The third-order valence-corrected chi connectivity index (χ3v) is 5.28. The third-order valence-electron chi connectivity index (χ3n) is 5.28. The number of aromatic nitrogens is 4. The van der Waals surface area contributed by atoms with E-state index < -0.39 is 5.60 Å². The Balaban J connectivity index is 1.66. The lowest BCUT2D eigenvalue weighted by molar-refractivity contribution is -0.155. The summed E-state index contributed by atoms with van der Waals surface area (Å²) in [5.41, 5.74) is -0.512. The highest BCUT2D eigenvalue weighted by Crippen LogP contribution is 2.32. The molecule has 0 radical (unpaired) electrons. The van der Waals surface area contributed by atoms with Crippen LogP contribution in [-0.2, 0) is 9.53 Å². The molecule has 1 fully saturated rings. The fraction of sp³-hybridized carbons (Fsp3) is 0.682. The summed E-state index contributed by atoms with van der Waals surface area (Å²) in [4.78, 5) is 25.3. The van der Waals surface area contributed by atoms with Crippen molar-refractivity contribution in [1.82, 2.24) is 20.1 Å². The Hall–Kier alpha value is -2.31. The molecule has 1 aliphatic carbocycles. The molecular formula is C22H32N4O3. The lowest BCUT2D eigenvalue weighted by atomic mass is 9.84. The van der Waals surface area contributed by atoms with Crippen LogP contribution >= 0.6 is 0 Å². The summed E-state index contributed by atoms with van der Waals surface area (Å²) in [6, 6.07) is 1.74. The van der Waals surface area contributed by atoms with E-state index in [1.165, 1.54) is 38.5 Å². The summed E-state index contributed by atoms with van der Waals surface area (Å²) in [7, 11) is 0. The van der Waals surface area contributed by atoms with Crippen LogP contribution in [0.15, 0.2) is 23.0 Å². The fourth-order valence-electron chi connectivity index (χ4n) is 3.93. The van der Waals surface area contributed by atoms with Gasteiger partial charge in [0.05, 0.1) is 6.42 Å². The number of hydrogen-bond donors (Lipinski definition) is 0. The van der Waals surface area contributed by atoms with Crippen LogP contribution in [0.3, 0.4) is 0 Å². The Labute approximate surface area is 172 Å². The number of ether oxygens (including phenoxy) is 1. The molecule has 29 heavy (non-hydrogen) atoms. The second-order valence-corrected chi connectivity index (χ2v) is 8.95. The van der Waals surface area contributed by atoms with Crippen LogP contribution in [0, 0.1) is 5.92 Å². The lowest BCUT2D eigenvalue weighted by Gasteiger charge is -2.23. The highest BCUT2D eigenvalue weighted by Gasteiger charge is 2.26. The van der Waals surface area contributed by atoms with Crippen molar-refractivity contribution in [1.29, 1.82) is 0 Å². The number of carbonyl (C=O) groups excluding carboxylic acids is 1. The Morgan fingerprint density at radius 2 is 1.90 bits per heavy atom. The van der Waals surface area contributed by atoms with Gasteiger partial charge >= 0.3 is 5.97 Å². The smallest absolute Gasteiger partial charge is 0.307 e. The molecule has 2 heterocycles. The van der Waals surface area contributed by atoms with Gasteiger partial charge in [0.2, 0.25) is 17.5 Å². The highest BCUT2D eigenvalue weighted by molar-refractivity contribution is 5.70. The van der Waals surface area contributed by atoms with Crippen LogP contribution < -0.4 is 0 Å². The quantitative estimate of drug-likeness (QED) is 0.570. The maximum atomic E-state index is 12.4. The van der Waals surface area contributed by atoms with E-state index >= 15 is 0 Å². The van der Waals surface area contributed by atoms with Gasteiger partial charge in [-0.3, -0.25) is 4.79 Å². The van der Waals surface area contributed by atoms with Crippen molar-refractivity contribution in [3.63, 3.8) is 0 Å². The van der Waals surface area contributed by atoms with Gasteiger partial charge in [0.15, 0.2) is 0 Å². The van der Waals surface area contributed by atoms with E-state index in [0.717, 1.165) is 18.8 Å². The summed E-state index contributed by atoms with van der Waals surface area (Å²) in [6.45, 7) is 5.63. The summed E-state index contributed by atoms with van der Waals surface area (Å²) >= 11 is 0. The minimum absolute atomic E-state index is 0.154. The number of carbonyl (C=O) groups is 1. The summed E-state index contributed by atoms with van der Waals surface area (Å²) in [6.07, 6.45) is 13.3. The van der Waals surface area contributed by atoms with E-state index in [1.54, 1.807) is 18.5 Å². The van der Waals surface area contributed by atoms with Gasteiger partial charge in [-0.2, -0.15) is 4.98 Å². The summed E-state index contributed by atoms with van der Waals surface area (Å²) < 4.78 is 11.0. The number of rotatable bonds is 8. The molecule has 0 aromatic carbocycles. The predicted octanol–water partition coefficient (Wildman–Crippen LogP) is 5.09. The molecule has 1 atom stereocenters. The summed E-state index contributed by atoms with van der Waals surface area (Å²) in [5, 5.41) is 4.02. The molecule has 1 aliphatic rings. The van der Waals surface area contributed by atoms with Gasteiger partial charge in [0.1, 0.15) is 5.60 Å². The average Bonchev–Trinajstić information content (AvgIpc) is 3.17. The zero-order valence-corrected chi connectivity index (χ0v) is 17.8. The van der Waals surface area contributed by atoms with E-state index in [1.807, 2.05) is 20.8 Å². The number of hydrogen-bond acceptors (Lipinski definition) is 7. The highest BCUT2D eigenvalue weighted by atomic mass is 16.6. The van der Waals surface area contributed by atoms with E-state index in [2.05, 4.69) is 20.1 Å². The Kier molecular flexibility index (Phi) is 7.34. The SMILES string of the molecule is CC(C)(C)OC(=O)C[C@H](CCCC1CCCCC1)c1nc(-c2ncccn2)no1. The van der Waals surface area contributed by atoms with Crippen molar-refractivity contribution in [2.75, 3.05) is 0 Å². The maximum Gasteiger partial charge on any atom is 0.307 e. The molecule has 7 heteroatoms. The fourth-order valence-corrected chi connectivity index (χ4v) is 3.93. The number of esters is 1. The van der Waals surface area contributed by atoms with E-state index in [4.69, 9.17) is 9.26 Å². The van der Waals surface area contributed by atoms with Crippen LogP contribution in [-0.4, -0.2) is 31.7 Å². The first-order valence-electron chi connectivity index (χ1n) is 10.7. The molecular weight excluding hydrogens is 368 g/mol. The Morgan fingerprint density at radius 1 is 1.17 bits per heavy atom. The molecule has 2 aromatic heterocycles. The van der Waals surface area contributed by atoms with Crippen molar-refractivity contribution < 1.29 is 14.1 Å². The van der Waals surface area contributed by atoms with Crippen LogP contribution in [0.1, 0.15) is 90.4 Å². The molecule has 0 unspecified atom stereocenters. The Morgan fingerprint density at radius 3 is 2.59 bits per heavy atom. The van der Waals surface area contributed by atoms with Gasteiger partial charge < -0.3 is 9.26 Å². The molecule has 3 rings (SSSR count). The normalized spacial score (nSPS) is 16.5. The lowest BCUT2D eigenvalue weighted by Crippen LogP contribution is -2.25. The van der Waals surface area contributed by atoms with Gasteiger partial charge in [-0.25, -0.2) is 9.97 Å². The molecule has 2 aromatic rings. The van der Waals surface area contributed by atoms with Crippen molar-refractivity contribution in [3.05, 3.63) is 24.4 Å². The van der Waals surface area contributed by atoms with Gasteiger partial charge in [0.25, 0.3) is 0 Å². The van der Waals surface area contributed by atoms with Crippen molar-refractivity contribution >= 4 is 5.97 Å². The van der Waals surface area contributed by atoms with E-state index in [9.17, 15) is 4.79 Å². The molecule has 0 spiro atoms. The van der Waals surface area contributed by atoms with Crippen molar-refractivity contribution in [3.8, 4) is 11.6 Å². The second kappa shape index (κ2) is 9.94. The molecule has 0 amide bonds. The van der Waals surface area contributed by atoms with E-state index in [0.29, 0.717) is 17.5 Å². The molecule has 0 saturated heterocycles. The van der Waals surface area contributed by atoms with Crippen molar-refractivity contribution in [2.24, 2.45) is 5.92 Å². The average molecular weight is 401 g/mol. The second-order valence-electron chi connectivity index (χ2n) is 8.95. The molecule has 0 bridgehead atoms. The largest absolute Gasteiger partial charge is 0.460 e. The van der Waals surface area contributed by atoms with Gasteiger partial charge in [-0.1, -0.05) is 50.1 Å². The first-order chi connectivity index (χ1) is 13.9. The standard InChI is InChI=1S/C22H32N4O3/c1-22(2,3)28-18(27)15-17(12-7-11-16-9-5-4-6-10-16)21-25-20(26-29-21)19-23-13-8-14-24-19/h8,13-14,16-17H,4-7,9-12,15H2,1-3H3/t17-/m0/s1. The summed E-state index contributed by atoms with van der Waals surface area (Å²) in [5.74, 6) is 1.64. The molecule has 0 N–H and O–H groups in total.